The van der Waals surface area contributed by atoms with Crippen LogP contribution in [0.1, 0.15) is 50.9 Å². The fourth-order valence-electron chi connectivity index (χ4n) is 3.59. The van der Waals surface area contributed by atoms with Crippen LogP contribution in [0.25, 0.3) is 11.0 Å². The lowest BCUT2D eigenvalue weighted by molar-refractivity contribution is 0.234. The van der Waals surface area contributed by atoms with Crippen molar-refractivity contribution in [3.63, 3.8) is 0 Å². The van der Waals surface area contributed by atoms with Gasteiger partial charge in [0, 0.05) is 10.5 Å². The Hall–Kier alpha value is -0.540. The molecule has 2 nitrogen and oxygen atoms in total. The molecule has 1 aromatic heterocycles. The lowest BCUT2D eigenvalue weighted by Crippen LogP contribution is -2.24. The minimum atomic E-state index is 0.485. The highest BCUT2D eigenvalue weighted by molar-refractivity contribution is 9.10. The average molecular weight is 356 g/mol. The van der Waals surface area contributed by atoms with Crippen molar-refractivity contribution in [1.29, 1.82) is 0 Å². The molecule has 1 aliphatic rings. The largest absolute Gasteiger partial charge is 0.324 e. The van der Waals surface area contributed by atoms with Crippen molar-refractivity contribution in [3.8, 4) is 0 Å². The van der Waals surface area contributed by atoms with Gasteiger partial charge in [-0.3, -0.25) is 0 Å². The second-order valence-corrected chi connectivity index (χ2v) is 6.87. The Labute approximate surface area is 133 Å². The number of imidazole rings is 1. The fraction of sp³-hybridized carbons (Fsp3) is 0.562. The number of aromatic nitrogens is 2. The van der Waals surface area contributed by atoms with E-state index in [4.69, 9.17) is 16.6 Å². The number of alkyl halides is 1. The molecule has 4 heteroatoms. The number of fused-ring (bicyclic) bond motifs is 1. The summed E-state index contributed by atoms with van der Waals surface area (Å²) in [5, 5.41) is 0. The van der Waals surface area contributed by atoms with Gasteiger partial charge in [0.05, 0.1) is 16.9 Å². The second-order valence-electron chi connectivity index (χ2n) is 5.68. The third kappa shape index (κ3) is 2.50. The van der Waals surface area contributed by atoms with E-state index in [0.29, 0.717) is 11.9 Å². The molecule has 0 spiro atoms. The molecule has 108 valence electrons. The first-order valence-electron chi connectivity index (χ1n) is 7.47. The van der Waals surface area contributed by atoms with Crippen LogP contribution in [0.5, 0.6) is 0 Å². The molecule has 0 aliphatic heterocycles. The van der Waals surface area contributed by atoms with Crippen LogP contribution in [0, 0.1) is 5.92 Å². The van der Waals surface area contributed by atoms with E-state index >= 15 is 0 Å². The van der Waals surface area contributed by atoms with Gasteiger partial charge >= 0.3 is 0 Å². The Morgan fingerprint density at radius 3 is 2.90 bits per heavy atom. The average Bonchev–Trinajstić information content (AvgIpc) is 2.84. The van der Waals surface area contributed by atoms with Gasteiger partial charge in [0.15, 0.2) is 0 Å². The summed E-state index contributed by atoms with van der Waals surface area (Å²) in [6.07, 6.45) is 6.51. The van der Waals surface area contributed by atoms with Crippen LogP contribution in [0.15, 0.2) is 22.7 Å². The number of benzene rings is 1. The van der Waals surface area contributed by atoms with Gasteiger partial charge in [-0.1, -0.05) is 42.1 Å². The number of rotatable bonds is 3. The summed E-state index contributed by atoms with van der Waals surface area (Å²) in [6, 6.07) is 6.92. The van der Waals surface area contributed by atoms with E-state index < -0.39 is 0 Å². The fourth-order valence-corrected chi connectivity index (χ4v) is 4.13. The Balaban J connectivity index is 2.13. The SMILES string of the molecule is CCC1CCCCC1n1c(CCl)nc2cc(Br)ccc21. The number of nitrogens with zero attached hydrogens (tertiary/aromatic N) is 2. The van der Waals surface area contributed by atoms with Gasteiger partial charge in [-0.05, 0) is 37.0 Å². The van der Waals surface area contributed by atoms with Crippen molar-refractivity contribution in [2.45, 2.75) is 50.9 Å². The third-order valence-corrected chi connectivity index (χ3v) is 5.30. The van der Waals surface area contributed by atoms with Gasteiger partial charge in [-0.25, -0.2) is 4.98 Å². The van der Waals surface area contributed by atoms with E-state index in [-0.39, 0.29) is 0 Å². The van der Waals surface area contributed by atoms with E-state index in [9.17, 15) is 0 Å². The number of hydrogen-bond acceptors (Lipinski definition) is 1. The molecule has 0 saturated heterocycles. The second kappa shape index (κ2) is 6.07. The highest BCUT2D eigenvalue weighted by Crippen LogP contribution is 2.39. The summed E-state index contributed by atoms with van der Waals surface area (Å²) in [6.45, 7) is 2.30. The zero-order valence-corrected chi connectivity index (χ0v) is 14.1. The topological polar surface area (TPSA) is 17.8 Å². The summed E-state index contributed by atoms with van der Waals surface area (Å²) in [7, 11) is 0. The Bertz CT molecular complexity index is 608. The molecule has 1 aromatic carbocycles. The first kappa shape index (κ1) is 14.4. The molecule has 1 aliphatic carbocycles. The predicted molar refractivity (Wildman–Crippen MR) is 88.3 cm³/mol. The highest BCUT2D eigenvalue weighted by atomic mass is 79.9. The van der Waals surface area contributed by atoms with Crippen LogP contribution < -0.4 is 0 Å². The van der Waals surface area contributed by atoms with Crippen molar-refractivity contribution in [1.82, 2.24) is 9.55 Å². The Kier molecular flexibility index (Phi) is 4.37. The molecule has 1 fully saturated rings. The van der Waals surface area contributed by atoms with Crippen LogP contribution >= 0.6 is 27.5 Å². The summed E-state index contributed by atoms with van der Waals surface area (Å²) in [5.41, 5.74) is 2.28. The summed E-state index contributed by atoms with van der Waals surface area (Å²) in [5.74, 6) is 2.26. The maximum absolute atomic E-state index is 6.16. The molecule has 0 radical (unpaired) electrons. The molecule has 3 rings (SSSR count). The van der Waals surface area contributed by atoms with E-state index in [1.165, 1.54) is 37.6 Å². The van der Waals surface area contributed by atoms with E-state index in [0.717, 1.165) is 21.7 Å². The van der Waals surface area contributed by atoms with Crippen LogP contribution in [0.4, 0.5) is 0 Å². The smallest absolute Gasteiger partial charge is 0.125 e. The van der Waals surface area contributed by atoms with Gasteiger partial charge in [0.25, 0.3) is 0 Å². The molecule has 2 atom stereocenters. The van der Waals surface area contributed by atoms with Crippen LogP contribution in [0.2, 0.25) is 0 Å². The molecule has 0 amide bonds. The van der Waals surface area contributed by atoms with Crippen LogP contribution in [0.3, 0.4) is 0 Å². The zero-order chi connectivity index (χ0) is 14.1. The van der Waals surface area contributed by atoms with Gasteiger partial charge in [-0.2, -0.15) is 0 Å². The van der Waals surface area contributed by atoms with Gasteiger partial charge in [-0.15, -0.1) is 11.6 Å². The molecule has 0 N–H and O–H groups in total. The van der Waals surface area contributed by atoms with Gasteiger partial charge in [0.1, 0.15) is 5.82 Å². The van der Waals surface area contributed by atoms with Crippen molar-refractivity contribution >= 4 is 38.6 Å². The maximum atomic E-state index is 6.16. The molecule has 1 saturated carbocycles. The summed E-state index contributed by atoms with van der Waals surface area (Å²) in [4.78, 5) is 4.74. The van der Waals surface area contributed by atoms with Gasteiger partial charge in [0.2, 0.25) is 0 Å². The van der Waals surface area contributed by atoms with E-state index in [1.54, 1.807) is 0 Å². The Morgan fingerprint density at radius 1 is 1.35 bits per heavy atom. The normalized spacial score (nSPS) is 23.4. The molecular formula is C16H20BrClN2. The predicted octanol–water partition coefficient (Wildman–Crippen LogP) is 5.68. The minimum absolute atomic E-state index is 0.485. The summed E-state index contributed by atoms with van der Waals surface area (Å²) >= 11 is 9.69. The first-order valence-corrected chi connectivity index (χ1v) is 8.79. The Morgan fingerprint density at radius 2 is 2.15 bits per heavy atom. The lowest BCUT2D eigenvalue weighted by Gasteiger charge is -2.33. The van der Waals surface area contributed by atoms with Crippen molar-refractivity contribution < 1.29 is 0 Å². The molecule has 0 bridgehead atoms. The molecule has 2 aromatic rings. The number of halogens is 2. The van der Waals surface area contributed by atoms with Crippen molar-refractivity contribution in [3.05, 3.63) is 28.5 Å². The van der Waals surface area contributed by atoms with Crippen LogP contribution in [-0.4, -0.2) is 9.55 Å². The van der Waals surface area contributed by atoms with E-state index in [1.807, 2.05) is 0 Å². The number of hydrogen-bond donors (Lipinski definition) is 0. The zero-order valence-electron chi connectivity index (χ0n) is 11.8. The summed E-state index contributed by atoms with van der Waals surface area (Å²) < 4.78 is 3.49. The maximum Gasteiger partial charge on any atom is 0.125 e. The minimum Gasteiger partial charge on any atom is -0.324 e. The monoisotopic (exact) mass is 354 g/mol. The molecule has 2 unspecified atom stereocenters. The van der Waals surface area contributed by atoms with Gasteiger partial charge < -0.3 is 4.57 Å². The quantitative estimate of drug-likeness (QED) is 0.648. The van der Waals surface area contributed by atoms with Crippen LogP contribution in [-0.2, 0) is 5.88 Å². The van der Waals surface area contributed by atoms with Crippen molar-refractivity contribution in [2.75, 3.05) is 0 Å². The molecule has 20 heavy (non-hydrogen) atoms. The third-order valence-electron chi connectivity index (χ3n) is 4.57. The lowest BCUT2D eigenvalue weighted by atomic mass is 9.82. The van der Waals surface area contributed by atoms with Crippen molar-refractivity contribution in [2.24, 2.45) is 5.92 Å². The first-order chi connectivity index (χ1) is 9.74. The standard InChI is InChI=1S/C16H20BrClN2/c1-2-11-5-3-4-6-14(11)20-15-8-7-12(17)9-13(15)19-16(20)10-18/h7-9,11,14H,2-6,10H2,1H3. The van der Waals surface area contributed by atoms with E-state index in [2.05, 4.69) is 45.6 Å². The molecular weight excluding hydrogens is 336 g/mol. The highest BCUT2D eigenvalue weighted by Gasteiger charge is 2.28. The molecule has 1 heterocycles.